The van der Waals surface area contributed by atoms with Crippen molar-refractivity contribution in [3.63, 3.8) is 0 Å². The molecule has 0 aromatic heterocycles. The van der Waals surface area contributed by atoms with Gasteiger partial charge in [0.1, 0.15) is 0 Å². The van der Waals surface area contributed by atoms with Gasteiger partial charge in [0, 0.05) is 38.6 Å². The number of amides is 1. The quantitative estimate of drug-likeness (QED) is 0.680. The largest absolute Gasteiger partial charge is 0.342 e. The Morgan fingerprint density at radius 1 is 1.00 bits per heavy atom. The van der Waals surface area contributed by atoms with E-state index in [2.05, 4.69) is 35.6 Å². The van der Waals surface area contributed by atoms with Gasteiger partial charge in [-0.15, -0.1) is 0 Å². The van der Waals surface area contributed by atoms with Gasteiger partial charge < -0.3 is 14.7 Å². The van der Waals surface area contributed by atoms with Gasteiger partial charge in [-0.05, 0) is 51.7 Å². The van der Waals surface area contributed by atoms with Crippen LogP contribution < -0.4 is 0 Å². The second-order valence-corrected chi connectivity index (χ2v) is 7.83. The van der Waals surface area contributed by atoms with Gasteiger partial charge in [0.2, 0.25) is 5.91 Å². The molecule has 1 atom stereocenters. The molecular weight excluding hydrogens is 298 g/mol. The third-order valence-electron chi connectivity index (χ3n) is 6.27. The normalized spacial score (nSPS) is 24.0. The summed E-state index contributed by atoms with van der Waals surface area (Å²) >= 11 is 0. The highest BCUT2D eigenvalue weighted by Crippen LogP contribution is 2.26. The Balaban J connectivity index is 1.78. The molecule has 0 aromatic rings. The lowest BCUT2D eigenvalue weighted by Crippen LogP contribution is -2.39. The lowest BCUT2D eigenvalue weighted by molar-refractivity contribution is -0.131. The zero-order valence-corrected chi connectivity index (χ0v) is 16.3. The number of likely N-dealkylation sites (tertiary alicyclic amines) is 1. The predicted molar refractivity (Wildman–Crippen MR) is 101 cm³/mol. The minimum absolute atomic E-state index is 0.403. The molecule has 0 bridgehead atoms. The van der Waals surface area contributed by atoms with Crippen LogP contribution in [0.5, 0.6) is 0 Å². The third kappa shape index (κ3) is 6.03. The molecule has 24 heavy (non-hydrogen) atoms. The van der Waals surface area contributed by atoms with Crippen LogP contribution in [0.1, 0.15) is 65.2 Å². The first-order chi connectivity index (χ1) is 11.6. The minimum atomic E-state index is 0.403. The minimum Gasteiger partial charge on any atom is -0.342 e. The van der Waals surface area contributed by atoms with E-state index in [1.54, 1.807) is 0 Å². The summed E-state index contributed by atoms with van der Waals surface area (Å²) in [4.78, 5) is 19.7. The van der Waals surface area contributed by atoms with E-state index in [4.69, 9.17) is 0 Å². The van der Waals surface area contributed by atoms with Crippen LogP contribution in [-0.4, -0.2) is 73.0 Å². The van der Waals surface area contributed by atoms with Crippen molar-refractivity contribution in [1.29, 1.82) is 0 Å². The van der Waals surface area contributed by atoms with Gasteiger partial charge in [0.25, 0.3) is 0 Å². The SMILES string of the molecule is CCN(CC)CCN(C)[C@@H]1CCC(=O)N(CC2CCCCC2)CC1. The summed E-state index contributed by atoms with van der Waals surface area (Å²) in [6, 6.07) is 0.570. The maximum atomic E-state index is 12.5. The monoisotopic (exact) mass is 337 g/mol. The maximum absolute atomic E-state index is 12.5. The van der Waals surface area contributed by atoms with E-state index in [1.807, 2.05) is 0 Å². The second-order valence-electron chi connectivity index (χ2n) is 7.83. The third-order valence-corrected chi connectivity index (χ3v) is 6.27. The molecule has 0 N–H and O–H groups in total. The van der Waals surface area contributed by atoms with Crippen molar-refractivity contribution in [2.24, 2.45) is 5.92 Å². The lowest BCUT2D eigenvalue weighted by Gasteiger charge is -2.30. The Morgan fingerprint density at radius 3 is 2.38 bits per heavy atom. The maximum Gasteiger partial charge on any atom is 0.222 e. The zero-order chi connectivity index (χ0) is 17.4. The van der Waals surface area contributed by atoms with Gasteiger partial charge in [0.05, 0.1) is 0 Å². The van der Waals surface area contributed by atoms with Crippen molar-refractivity contribution < 1.29 is 4.79 Å². The summed E-state index contributed by atoms with van der Waals surface area (Å²) < 4.78 is 0. The van der Waals surface area contributed by atoms with E-state index in [1.165, 1.54) is 32.1 Å². The molecule has 2 rings (SSSR count). The van der Waals surface area contributed by atoms with Gasteiger partial charge in [-0.3, -0.25) is 4.79 Å². The van der Waals surface area contributed by atoms with Gasteiger partial charge >= 0.3 is 0 Å². The first kappa shape index (κ1) is 19.7. The van der Waals surface area contributed by atoms with Crippen molar-refractivity contribution in [1.82, 2.24) is 14.7 Å². The van der Waals surface area contributed by atoms with Crippen molar-refractivity contribution in [2.45, 2.75) is 71.3 Å². The number of hydrogen-bond donors (Lipinski definition) is 0. The molecule has 2 fully saturated rings. The van der Waals surface area contributed by atoms with Crippen molar-refractivity contribution >= 4 is 5.91 Å². The fraction of sp³-hybridized carbons (Fsp3) is 0.950. The average molecular weight is 338 g/mol. The Hall–Kier alpha value is -0.610. The van der Waals surface area contributed by atoms with Crippen LogP contribution in [0.3, 0.4) is 0 Å². The average Bonchev–Trinajstić information content (AvgIpc) is 2.79. The number of rotatable bonds is 8. The summed E-state index contributed by atoms with van der Waals surface area (Å²) in [5.41, 5.74) is 0. The smallest absolute Gasteiger partial charge is 0.222 e. The van der Waals surface area contributed by atoms with E-state index in [0.29, 0.717) is 11.9 Å². The molecule has 0 unspecified atom stereocenters. The molecule has 1 aliphatic heterocycles. The summed E-state index contributed by atoms with van der Waals surface area (Å²) in [6.07, 6.45) is 9.71. The number of carbonyl (C=O) groups is 1. The number of hydrogen-bond acceptors (Lipinski definition) is 3. The predicted octanol–water partition coefficient (Wildman–Crippen LogP) is 3.22. The van der Waals surface area contributed by atoms with Crippen LogP contribution in [0.4, 0.5) is 0 Å². The van der Waals surface area contributed by atoms with Crippen molar-refractivity contribution in [3.8, 4) is 0 Å². The summed E-state index contributed by atoms with van der Waals surface area (Å²) in [5.74, 6) is 1.17. The van der Waals surface area contributed by atoms with E-state index < -0.39 is 0 Å². The topological polar surface area (TPSA) is 26.8 Å². The van der Waals surface area contributed by atoms with E-state index in [0.717, 1.165) is 64.4 Å². The lowest BCUT2D eigenvalue weighted by atomic mass is 9.89. The number of likely N-dealkylation sites (N-methyl/N-ethyl adjacent to an activating group) is 2. The second kappa shape index (κ2) is 10.4. The highest BCUT2D eigenvalue weighted by Gasteiger charge is 2.27. The molecular formula is C20H39N3O. The Labute approximate surface area is 149 Å². The Morgan fingerprint density at radius 2 is 1.71 bits per heavy atom. The molecule has 1 saturated heterocycles. The molecule has 2 aliphatic rings. The first-order valence-corrected chi connectivity index (χ1v) is 10.3. The first-order valence-electron chi connectivity index (χ1n) is 10.3. The number of nitrogens with zero attached hydrogens (tertiary/aromatic N) is 3. The molecule has 0 spiro atoms. The van der Waals surface area contributed by atoms with Crippen LogP contribution in [0.2, 0.25) is 0 Å². The summed E-state index contributed by atoms with van der Waals surface area (Å²) in [6.45, 7) is 11.0. The van der Waals surface area contributed by atoms with Crippen molar-refractivity contribution in [2.75, 3.05) is 46.3 Å². The van der Waals surface area contributed by atoms with Gasteiger partial charge in [0.15, 0.2) is 0 Å². The highest BCUT2D eigenvalue weighted by atomic mass is 16.2. The molecule has 4 nitrogen and oxygen atoms in total. The molecule has 1 amide bonds. The van der Waals surface area contributed by atoms with Gasteiger partial charge in [-0.2, -0.15) is 0 Å². The number of carbonyl (C=O) groups excluding carboxylic acids is 1. The van der Waals surface area contributed by atoms with Crippen LogP contribution >= 0.6 is 0 Å². The molecule has 0 aromatic carbocycles. The molecule has 1 saturated carbocycles. The Kier molecular flexibility index (Phi) is 8.54. The molecule has 140 valence electrons. The molecule has 1 heterocycles. The van der Waals surface area contributed by atoms with E-state index in [-0.39, 0.29) is 0 Å². The van der Waals surface area contributed by atoms with E-state index in [9.17, 15) is 4.79 Å². The van der Waals surface area contributed by atoms with Crippen LogP contribution in [0, 0.1) is 5.92 Å². The van der Waals surface area contributed by atoms with E-state index >= 15 is 0 Å². The van der Waals surface area contributed by atoms with Crippen LogP contribution in [-0.2, 0) is 4.79 Å². The fourth-order valence-electron chi connectivity index (χ4n) is 4.36. The van der Waals surface area contributed by atoms with Gasteiger partial charge in [-0.25, -0.2) is 0 Å². The standard InChI is InChI=1S/C20H39N3O/c1-4-22(5-2)16-15-21(3)19-11-12-20(24)23(14-13-19)17-18-9-7-6-8-10-18/h18-19H,4-17H2,1-3H3/t19-/m1/s1. The molecule has 1 aliphatic carbocycles. The van der Waals surface area contributed by atoms with Crippen molar-refractivity contribution in [3.05, 3.63) is 0 Å². The van der Waals surface area contributed by atoms with Gasteiger partial charge in [-0.1, -0.05) is 33.1 Å². The Bertz CT molecular complexity index is 364. The molecule has 4 heteroatoms. The summed E-state index contributed by atoms with van der Waals surface area (Å²) in [7, 11) is 2.25. The zero-order valence-electron chi connectivity index (χ0n) is 16.3. The van der Waals surface area contributed by atoms with Crippen LogP contribution in [0.15, 0.2) is 0 Å². The van der Waals surface area contributed by atoms with Crippen LogP contribution in [0.25, 0.3) is 0 Å². The molecule has 0 radical (unpaired) electrons. The highest BCUT2D eigenvalue weighted by molar-refractivity contribution is 5.76. The fourth-order valence-corrected chi connectivity index (χ4v) is 4.36. The summed E-state index contributed by atoms with van der Waals surface area (Å²) in [5, 5.41) is 0.